The highest BCUT2D eigenvalue weighted by Gasteiger charge is 2.14. The number of pyridine rings is 1. The van der Waals surface area contributed by atoms with Gasteiger partial charge in [0.05, 0.1) is 5.69 Å². The van der Waals surface area contributed by atoms with E-state index in [4.69, 9.17) is 0 Å². The molecule has 4 rings (SSSR count). The highest BCUT2D eigenvalue weighted by atomic mass is 16.5. The molecule has 106 valence electrons. The second kappa shape index (κ2) is 4.70. The molecule has 0 aliphatic rings. The first kappa shape index (κ1) is 12.6. The van der Waals surface area contributed by atoms with E-state index in [9.17, 15) is 10.0 Å². The van der Waals surface area contributed by atoms with Gasteiger partial charge >= 0.3 is 0 Å². The van der Waals surface area contributed by atoms with Gasteiger partial charge < -0.3 is 10.2 Å². The average molecular weight is 288 g/mol. The molecule has 2 aromatic carbocycles. The Labute approximate surface area is 126 Å². The van der Waals surface area contributed by atoms with Crippen LogP contribution in [0.3, 0.4) is 0 Å². The second-order valence-electron chi connectivity index (χ2n) is 5.21. The number of nitrogens with zero attached hydrogens (tertiary/aromatic N) is 1. The fourth-order valence-electron chi connectivity index (χ4n) is 2.73. The van der Waals surface area contributed by atoms with Crippen LogP contribution in [0.15, 0.2) is 67.0 Å². The van der Waals surface area contributed by atoms with E-state index in [0.717, 1.165) is 21.7 Å². The van der Waals surface area contributed by atoms with E-state index in [1.54, 1.807) is 0 Å². The van der Waals surface area contributed by atoms with E-state index in [1.165, 1.54) is 24.5 Å². The van der Waals surface area contributed by atoms with E-state index < -0.39 is 0 Å². The molecule has 0 aliphatic heterocycles. The third-order valence-electron chi connectivity index (χ3n) is 3.84. The molecular formula is C18H12N2O2. The Bertz CT molecular complexity index is 1000. The van der Waals surface area contributed by atoms with Gasteiger partial charge in [-0.2, -0.15) is 4.73 Å². The molecule has 0 amide bonds. The molecule has 0 bridgehead atoms. The number of fused-ring (bicyclic) bond motifs is 3. The van der Waals surface area contributed by atoms with Crippen LogP contribution in [0.5, 0.6) is 0 Å². The van der Waals surface area contributed by atoms with Crippen LogP contribution < -0.4 is 4.73 Å². The number of H-pyrrole nitrogens is 1. The zero-order valence-electron chi connectivity index (χ0n) is 11.6. The number of rotatable bonds is 2. The number of hydrogen-bond donors (Lipinski definition) is 1. The van der Waals surface area contributed by atoms with Gasteiger partial charge in [0, 0.05) is 28.6 Å². The van der Waals surface area contributed by atoms with Gasteiger partial charge in [-0.05, 0) is 22.9 Å². The van der Waals surface area contributed by atoms with Crippen molar-refractivity contribution in [2.75, 3.05) is 0 Å². The summed E-state index contributed by atoms with van der Waals surface area (Å²) in [6.07, 6.45) is 2.65. The Hall–Kier alpha value is -3.14. The lowest BCUT2D eigenvalue weighted by Crippen LogP contribution is -2.24. The summed E-state index contributed by atoms with van der Waals surface area (Å²) < 4.78 is 0.662. The lowest BCUT2D eigenvalue weighted by Gasteiger charge is -1.98. The molecule has 0 unspecified atom stereocenters. The van der Waals surface area contributed by atoms with Crippen molar-refractivity contribution in [3.8, 4) is 0 Å². The average Bonchev–Trinajstić information content (AvgIpc) is 2.99. The fraction of sp³-hybridized carbons (Fsp3) is 0. The monoisotopic (exact) mass is 288 g/mol. The molecule has 22 heavy (non-hydrogen) atoms. The Kier molecular flexibility index (Phi) is 2.69. The van der Waals surface area contributed by atoms with E-state index >= 15 is 0 Å². The van der Waals surface area contributed by atoms with Crippen molar-refractivity contribution in [2.24, 2.45) is 0 Å². The lowest BCUT2D eigenvalue weighted by molar-refractivity contribution is -0.605. The van der Waals surface area contributed by atoms with Crippen LogP contribution in [0.1, 0.15) is 16.1 Å². The number of nitrogens with one attached hydrogen (secondary N) is 1. The SMILES string of the molecule is O=C(c1cc[n+]([O-])cc1)c1cc2c(ccc3ccccc32)[nH]1. The van der Waals surface area contributed by atoms with Gasteiger partial charge in [-0.3, -0.25) is 4.79 Å². The molecule has 0 saturated carbocycles. The third-order valence-corrected chi connectivity index (χ3v) is 3.84. The Balaban J connectivity index is 1.87. The predicted molar refractivity (Wildman–Crippen MR) is 84.6 cm³/mol. The van der Waals surface area contributed by atoms with Crippen molar-refractivity contribution in [2.45, 2.75) is 0 Å². The van der Waals surface area contributed by atoms with Crippen LogP contribution in [0, 0.1) is 5.21 Å². The summed E-state index contributed by atoms with van der Waals surface area (Å²) >= 11 is 0. The lowest BCUT2D eigenvalue weighted by atomic mass is 10.1. The third kappa shape index (κ3) is 1.93. The molecule has 1 N–H and O–H groups in total. The first-order valence-electron chi connectivity index (χ1n) is 6.96. The van der Waals surface area contributed by atoms with E-state index in [1.807, 2.05) is 42.5 Å². The van der Waals surface area contributed by atoms with Crippen molar-refractivity contribution in [3.63, 3.8) is 0 Å². The summed E-state index contributed by atoms with van der Waals surface area (Å²) in [5.74, 6) is -0.124. The van der Waals surface area contributed by atoms with Gasteiger partial charge in [0.1, 0.15) is 0 Å². The minimum atomic E-state index is -0.124. The van der Waals surface area contributed by atoms with Crippen molar-refractivity contribution >= 4 is 27.5 Å². The van der Waals surface area contributed by atoms with E-state index in [-0.39, 0.29) is 5.78 Å². The fourth-order valence-corrected chi connectivity index (χ4v) is 2.73. The molecule has 2 heterocycles. The first-order valence-corrected chi connectivity index (χ1v) is 6.96. The van der Waals surface area contributed by atoms with E-state index in [0.29, 0.717) is 16.0 Å². The normalized spacial score (nSPS) is 11.1. The molecule has 0 atom stereocenters. The standard InChI is InChI=1S/C18H12N2O2/c21-18(13-7-9-20(22)10-8-13)17-11-15-14-4-2-1-3-12(14)5-6-16(15)19-17/h1-11,19H. The number of carbonyl (C=O) groups excluding carboxylic acids is 1. The number of carbonyl (C=O) groups is 1. The smallest absolute Gasteiger partial charge is 0.209 e. The zero-order valence-corrected chi connectivity index (χ0v) is 11.6. The van der Waals surface area contributed by atoms with Crippen molar-refractivity contribution in [1.29, 1.82) is 0 Å². The molecule has 0 radical (unpaired) electrons. The summed E-state index contributed by atoms with van der Waals surface area (Å²) in [7, 11) is 0. The Morgan fingerprint density at radius 1 is 0.955 bits per heavy atom. The van der Waals surface area contributed by atoms with Crippen LogP contribution in [0.25, 0.3) is 21.7 Å². The van der Waals surface area contributed by atoms with Gasteiger partial charge in [0.15, 0.2) is 12.4 Å². The molecule has 0 aliphatic carbocycles. The molecule has 4 nitrogen and oxygen atoms in total. The number of ketones is 1. The van der Waals surface area contributed by atoms with Gasteiger partial charge in [0.25, 0.3) is 0 Å². The number of hydrogen-bond acceptors (Lipinski definition) is 2. The van der Waals surface area contributed by atoms with Crippen LogP contribution in [-0.2, 0) is 0 Å². The maximum absolute atomic E-state index is 12.5. The van der Waals surface area contributed by atoms with Gasteiger partial charge in [-0.1, -0.05) is 30.3 Å². The topological polar surface area (TPSA) is 59.8 Å². The summed E-state index contributed by atoms with van der Waals surface area (Å²) in [5, 5.41) is 14.3. The predicted octanol–water partition coefficient (Wildman–Crippen LogP) is 3.19. The maximum Gasteiger partial charge on any atom is 0.209 e. The molecule has 4 heteroatoms. The Morgan fingerprint density at radius 2 is 1.73 bits per heavy atom. The number of benzene rings is 2. The van der Waals surface area contributed by atoms with Crippen molar-refractivity contribution in [1.82, 2.24) is 4.98 Å². The number of aromatic amines is 1. The zero-order chi connectivity index (χ0) is 15.1. The van der Waals surface area contributed by atoms with Crippen LogP contribution in [0.4, 0.5) is 0 Å². The van der Waals surface area contributed by atoms with Crippen LogP contribution in [-0.4, -0.2) is 10.8 Å². The summed E-state index contributed by atoms with van der Waals surface area (Å²) in [4.78, 5) is 15.7. The van der Waals surface area contributed by atoms with Gasteiger partial charge in [0.2, 0.25) is 5.78 Å². The molecule has 0 fully saturated rings. The maximum atomic E-state index is 12.5. The second-order valence-corrected chi connectivity index (χ2v) is 5.21. The highest BCUT2D eigenvalue weighted by Crippen LogP contribution is 2.26. The minimum Gasteiger partial charge on any atom is -0.619 e. The van der Waals surface area contributed by atoms with Crippen molar-refractivity contribution < 1.29 is 9.52 Å². The highest BCUT2D eigenvalue weighted by molar-refractivity contribution is 6.14. The van der Waals surface area contributed by atoms with Gasteiger partial charge in [-0.25, -0.2) is 0 Å². The quantitative estimate of drug-likeness (QED) is 0.350. The summed E-state index contributed by atoms with van der Waals surface area (Å²) in [6, 6.07) is 17.0. The largest absolute Gasteiger partial charge is 0.619 e. The summed E-state index contributed by atoms with van der Waals surface area (Å²) in [5.41, 5.74) is 1.94. The molecular weight excluding hydrogens is 276 g/mol. The molecule has 4 aromatic rings. The Morgan fingerprint density at radius 3 is 2.55 bits per heavy atom. The molecule has 0 spiro atoms. The number of aromatic nitrogens is 2. The molecule has 0 saturated heterocycles. The minimum absolute atomic E-state index is 0.124. The van der Waals surface area contributed by atoms with Crippen molar-refractivity contribution in [3.05, 3.63) is 83.5 Å². The van der Waals surface area contributed by atoms with Crippen LogP contribution >= 0.6 is 0 Å². The van der Waals surface area contributed by atoms with E-state index in [2.05, 4.69) is 4.98 Å². The molecule has 2 aromatic heterocycles. The van der Waals surface area contributed by atoms with Crippen LogP contribution in [0.2, 0.25) is 0 Å². The first-order chi connectivity index (χ1) is 10.7. The van der Waals surface area contributed by atoms with Gasteiger partial charge in [-0.15, -0.1) is 0 Å². The summed E-state index contributed by atoms with van der Waals surface area (Å²) in [6.45, 7) is 0.